The van der Waals surface area contributed by atoms with Gasteiger partial charge in [-0.05, 0) is 18.6 Å². The van der Waals surface area contributed by atoms with Gasteiger partial charge >= 0.3 is 0 Å². The van der Waals surface area contributed by atoms with Gasteiger partial charge < -0.3 is 15.2 Å². The van der Waals surface area contributed by atoms with Crippen LogP contribution in [0.2, 0.25) is 0 Å². The minimum atomic E-state index is 0.174. The number of para-hydroxylation sites is 1. The van der Waals surface area contributed by atoms with Crippen molar-refractivity contribution < 1.29 is 9.84 Å². The number of hydrogen-bond acceptors (Lipinski definition) is 3. The first-order valence-electron chi connectivity index (χ1n) is 4.78. The van der Waals surface area contributed by atoms with Crippen LogP contribution in [0.3, 0.4) is 0 Å². The third-order valence-electron chi connectivity index (χ3n) is 1.99. The molecule has 0 fully saturated rings. The topological polar surface area (TPSA) is 41.5 Å². The Hall–Kier alpha value is -1.06. The number of benzene rings is 1. The van der Waals surface area contributed by atoms with Gasteiger partial charge in [-0.1, -0.05) is 18.2 Å². The Morgan fingerprint density at radius 3 is 2.64 bits per heavy atom. The molecule has 14 heavy (non-hydrogen) atoms. The van der Waals surface area contributed by atoms with Crippen LogP contribution in [-0.2, 0) is 4.74 Å². The summed E-state index contributed by atoms with van der Waals surface area (Å²) < 4.78 is 5.06. The van der Waals surface area contributed by atoms with Gasteiger partial charge in [-0.25, -0.2) is 0 Å². The molecule has 0 aromatic heterocycles. The first-order chi connectivity index (χ1) is 6.86. The Morgan fingerprint density at radius 1 is 1.36 bits per heavy atom. The fraction of sp³-hybridized carbons (Fsp3) is 0.455. The predicted octanol–water partition coefficient (Wildman–Crippen LogP) is 1.50. The number of methoxy groups -OCH3 is 1. The molecule has 78 valence electrons. The first kappa shape index (κ1) is 11.0. The van der Waals surface area contributed by atoms with Gasteiger partial charge in [0.2, 0.25) is 0 Å². The molecule has 0 bridgehead atoms. The van der Waals surface area contributed by atoms with E-state index < -0.39 is 0 Å². The Kier molecular flexibility index (Phi) is 5.04. The molecular weight excluding hydrogens is 178 g/mol. The normalized spacial score (nSPS) is 12.4. The van der Waals surface area contributed by atoms with E-state index in [1.54, 1.807) is 7.11 Å². The van der Waals surface area contributed by atoms with Crippen molar-refractivity contribution in [3.05, 3.63) is 30.3 Å². The highest BCUT2D eigenvalue weighted by atomic mass is 16.5. The van der Waals surface area contributed by atoms with Gasteiger partial charge in [-0.2, -0.15) is 0 Å². The molecular formula is C11H17NO2. The summed E-state index contributed by atoms with van der Waals surface area (Å²) in [6.45, 7) is 0.781. The summed E-state index contributed by atoms with van der Waals surface area (Å²) in [6.07, 6.45) is 0.697. The van der Waals surface area contributed by atoms with E-state index in [1.165, 1.54) is 0 Å². The number of hydrogen-bond donors (Lipinski definition) is 2. The number of aliphatic hydroxyl groups is 1. The van der Waals surface area contributed by atoms with Crippen molar-refractivity contribution >= 4 is 5.69 Å². The van der Waals surface area contributed by atoms with Crippen LogP contribution in [0.25, 0.3) is 0 Å². The fourth-order valence-corrected chi connectivity index (χ4v) is 1.32. The molecule has 0 spiro atoms. The van der Waals surface area contributed by atoms with E-state index in [0.29, 0.717) is 13.0 Å². The number of rotatable bonds is 6. The van der Waals surface area contributed by atoms with Gasteiger partial charge in [0.15, 0.2) is 0 Å². The standard InChI is InChI=1S/C11H17NO2/c1-14-9-11(7-8-13)12-10-5-3-2-4-6-10/h2-6,11-13H,7-9H2,1H3. The lowest BCUT2D eigenvalue weighted by molar-refractivity contribution is 0.170. The zero-order chi connectivity index (χ0) is 10.2. The largest absolute Gasteiger partial charge is 0.396 e. The Bertz CT molecular complexity index is 232. The second-order valence-electron chi connectivity index (χ2n) is 3.17. The van der Waals surface area contributed by atoms with Crippen LogP contribution >= 0.6 is 0 Å². The molecule has 0 amide bonds. The molecule has 0 aliphatic rings. The molecule has 2 N–H and O–H groups in total. The highest BCUT2D eigenvalue weighted by molar-refractivity contribution is 5.43. The molecule has 0 radical (unpaired) electrons. The van der Waals surface area contributed by atoms with Crippen LogP contribution in [0.4, 0.5) is 5.69 Å². The number of nitrogens with one attached hydrogen (secondary N) is 1. The molecule has 0 saturated carbocycles. The van der Waals surface area contributed by atoms with Crippen LogP contribution in [0.15, 0.2) is 30.3 Å². The van der Waals surface area contributed by atoms with Gasteiger partial charge in [0.1, 0.15) is 0 Å². The molecule has 0 aliphatic heterocycles. The van der Waals surface area contributed by atoms with Gasteiger partial charge in [-0.15, -0.1) is 0 Å². The van der Waals surface area contributed by atoms with E-state index in [2.05, 4.69) is 5.32 Å². The van der Waals surface area contributed by atoms with Crippen LogP contribution < -0.4 is 5.32 Å². The lowest BCUT2D eigenvalue weighted by Crippen LogP contribution is -2.25. The minimum absolute atomic E-state index is 0.174. The lowest BCUT2D eigenvalue weighted by atomic mass is 10.2. The summed E-state index contributed by atoms with van der Waals surface area (Å²) in [6, 6.07) is 10.1. The average molecular weight is 195 g/mol. The first-order valence-corrected chi connectivity index (χ1v) is 4.78. The zero-order valence-corrected chi connectivity index (χ0v) is 8.44. The Labute approximate surface area is 84.7 Å². The fourth-order valence-electron chi connectivity index (χ4n) is 1.32. The lowest BCUT2D eigenvalue weighted by Gasteiger charge is -2.17. The summed E-state index contributed by atoms with van der Waals surface area (Å²) in [5.74, 6) is 0. The van der Waals surface area contributed by atoms with E-state index in [9.17, 15) is 0 Å². The number of aliphatic hydroxyl groups excluding tert-OH is 1. The van der Waals surface area contributed by atoms with Crippen molar-refractivity contribution in [2.75, 3.05) is 25.6 Å². The van der Waals surface area contributed by atoms with Crippen molar-refractivity contribution in [1.29, 1.82) is 0 Å². The van der Waals surface area contributed by atoms with E-state index >= 15 is 0 Å². The third kappa shape index (κ3) is 3.77. The second-order valence-corrected chi connectivity index (χ2v) is 3.17. The number of anilines is 1. The molecule has 3 nitrogen and oxygen atoms in total. The van der Waals surface area contributed by atoms with E-state index in [1.807, 2.05) is 30.3 Å². The van der Waals surface area contributed by atoms with Gasteiger partial charge in [0.05, 0.1) is 12.6 Å². The van der Waals surface area contributed by atoms with Crippen molar-refractivity contribution in [1.82, 2.24) is 0 Å². The Morgan fingerprint density at radius 2 is 2.07 bits per heavy atom. The zero-order valence-electron chi connectivity index (χ0n) is 8.44. The van der Waals surface area contributed by atoms with Crippen molar-refractivity contribution in [3.63, 3.8) is 0 Å². The van der Waals surface area contributed by atoms with Crippen molar-refractivity contribution in [2.45, 2.75) is 12.5 Å². The third-order valence-corrected chi connectivity index (χ3v) is 1.99. The maximum Gasteiger partial charge on any atom is 0.0664 e. The van der Waals surface area contributed by atoms with Crippen LogP contribution in [0.5, 0.6) is 0 Å². The predicted molar refractivity (Wildman–Crippen MR) is 57.4 cm³/mol. The summed E-state index contributed by atoms with van der Waals surface area (Å²) in [5.41, 5.74) is 1.06. The van der Waals surface area contributed by atoms with Gasteiger partial charge in [0.25, 0.3) is 0 Å². The molecule has 0 aliphatic carbocycles. The monoisotopic (exact) mass is 195 g/mol. The minimum Gasteiger partial charge on any atom is -0.396 e. The molecule has 3 heteroatoms. The van der Waals surface area contributed by atoms with Crippen molar-refractivity contribution in [2.24, 2.45) is 0 Å². The molecule has 1 aromatic carbocycles. The van der Waals surface area contributed by atoms with Gasteiger partial charge in [0, 0.05) is 19.4 Å². The summed E-state index contributed by atoms with van der Waals surface area (Å²) in [5, 5.41) is 12.1. The SMILES string of the molecule is COCC(CCO)Nc1ccccc1. The molecule has 1 atom stereocenters. The van der Waals surface area contributed by atoms with Crippen LogP contribution in [0.1, 0.15) is 6.42 Å². The van der Waals surface area contributed by atoms with Crippen LogP contribution in [-0.4, -0.2) is 31.5 Å². The highest BCUT2D eigenvalue weighted by Crippen LogP contribution is 2.08. The quantitative estimate of drug-likeness (QED) is 0.722. The summed E-state index contributed by atoms with van der Waals surface area (Å²) >= 11 is 0. The smallest absolute Gasteiger partial charge is 0.0664 e. The molecule has 1 aromatic rings. The molecule has 0 heterocycles. The highest BCUT2D eigenvalue weighted by Gasteiger charge is 2.06. The molecule has 1 rings (SSSR count). The summed E-state index contributed by atoms with van der Waals surface area (Å²) in [4.78, 5) is 0. The Balaban J connectivity index is 2.46. The average Bonchev–Trinajstić information content (AvgIpc) is 2.20. The van der Waals surface area contributed by atoms with E-state index in [0.717, 1.165) is 5.69 Å². The van der Waals surface area contributed by atoms with Crippen molar-refractivity contribution in [3.8, 4) is 0 Å². The maximum absolute atomic E-state index is 8.85. The van der Waals surface area contributed by atoms with Gasteiger partial charge in [-0.3, -0.25) is 0 Å². The molecule has 1 unspecified atom stereocenters. The van der Waals surface area contributed by atoms with E-state index in [-0.39, 0.29) is 12.6 Å². The number of ether oxygens (including phenoxy) is 1. The summed E-state index contributed by atoms with van der Waals surface area (Å²) in [7, 11) is 1.66. The van der Waals surface area contributed by atoms with E-state index in [4.69, 9.17) is 9.84 Å². The molecule has 0 saturated heterocycles. The maximum atomic E-state index is 8.85. The van der Waals surface area contributed by atoms with Crippen LogP contribution in [0, 0.1) is 0 Å². The second kappa shape index (κ2) is 6.40.